The van der Waals surface area contributed by atoms with Crippen LogP contribution in [-0.2, 0) is 4.79 Å². The van der Waals surface area contributed by atoms with Gasteiger partial charge in [0.25, 0.3) is 5.91 Å². The molecule has 1 aromatic carbocycles. The van der Waals surface area contributed by atoms with Crippen molar-refractivity contribution in [1.82, 2.24) is 4.90 Å². The van der Waals surface area contributed by atoms with Crippen molar-refractivity contribution in [3.63, 3.8) is 0 Å². The predicted molar refractivity (Wildman–Crippen MR) is 87.6 cm³/mol. The third kappa shape index (κ3) is 3.15. The summed E-state index contributed by atoms with van der Waals surface area (Å²) in [6.45, 7) is 2.03. The molecule has 0 saturated carbocycles. The number of likely N-dealkylation sites (tertiary alicyclic amines) is 1. The molecule has 104 valence electrons. The van der Waals surface area contributed by atoms with Gasteiger partial charge in [-0.2, -0.15) is 4.99 Å². The highest BCUT2D eigenvalue weighted by atomic mass is 79.9. The van der Waals surface area contributed by atoms with Crippen molar-refractivity contribution in [2.75, 3.05) is 13.1 Å². The van der Waals surface area contributed by atoms with E-state index in [1.807, 2.05) is 30.3 Å². The Morgan fingerprint density at radius 1 is 1.25 bits per heavy atom. The maximum absolute atomic E-state index is 12.0. The smallest absolute Gasteiger partial charge is 0.286 e. The largest absolute Gasteiger partial charge is 0.351 e. The average molecular weight is 351 g/mol. The van der Waals surface area contributed by atoms with Crippen LogP contribution >= 0.6 is 27.7 Å². The number of carbonyl (C=O) groups excluding carboxylic acids is 1. The lowest BCUT2D eigenvalue weighted by Gasteiger charge is -2.27. The normalized spacial score (nSPS) is 21.4. The van der Waals surface area contributed by atoms with E-state index in [1.165, 1.54) is 31.0 Å². The molecule has 2 aliphatic rings. The topological polar surface area (TPSA) is 32.7 Å². The molecule has 0 spiro atoms. The van der Waals surface area contributed by atoms with E-state index in [4.69, 9.17) is 0 Å². The number of carbonyl (C=O) groups is 1. The molecule has 1 aromatic rings. The highest BCUT2D eigenvalue weighted by Crippen LogP contribution is 2.31. The standard InChI is InChI=1S/C15H15BrN2OS/c16-12-6-4-5-11(9-12)10-13-14(19)17-15(20-13)18-7-2-1-3-8-18/h4-6,9-10H,1-3,7-8H2. The van der Waals surface area contributed by atoms with E-state index >= 15 is 0 Å². The quantitative estimate of drug-likeness (QED) is 0.720. The fraction of sp³-hybridized carbons (Fsp3) is 0.333. The minimum atomic E-state index is -0.115. The Morgan fingerprint density at radius 2 is 2.05 bits per heavy atom. The van der Waals surface area contributed by atoms with Crippen LogP contribution in [-0.4, -0.2) is 29.1 Å². The second-order valence-electron chi connectivity index (χ2n) is 4.91. The zero-order valence-electron chi connectivity index (χ0n) is 11.0. The minimum absolute atomic E-state index is 0.115. The van der Waals surface area contributed by atoms with Crippen LogP contribution in [0.2, 0.25) is 0 Å². The maximum Gasteiger partial charge on any atom is 0.286 e. The van der Waals surface area contributed by atoms with Crippen LogP contribution in [0.5, 0.6) is 0 Å². The minimum Gasteiger partial charge on any atom is -0.351 e. The third-order valence-corrected chi connectivity index (χ3v) is 4.92. The first kappa shape index (κ1) is 13.9. The fourth-order valence-electron chi connectivity index (χ4n) is 2.37. The first-order valence-electron chi connectivity index (χ1n) is 6.75. The Morgan fingerprint density at radius 3 is 2.80 bits per heavy atom. The van der Waals surface area contributed by atoms with Gasteiger partial charge < -0.3 is 4.90 Å². The Bertz CT molecular complexity index is 591. The molecule has 1 saturated heterocycles. The zero-order valence-corrected chi connectivity index (χ0v) is 13.4. The Kier molecular flexibility index (Phi) is 4.27. The molecule has 0 radical (unpaired) electrons. The SMILES string of the molecule is O=C1N=C(N2CCCCC2)SC1=Cc1cccc(Br)c1. The molecular weight excluding hydrogens is 336 g/mol. The second kappa shape index (κ2) is 6.14. The molecule has 20 heavy (non-hydrogen) atoms. The van der Waals surface area contributed by atoms with Gasteiger partial charge >= 0.3 is 0 Å². The van der Waals surface area contributed by atoms with Crippen molar-refractivity contribution in [2.24, 2.45) is 4.99 Å². The van der Waals surface area contributed by atoms with E-state index in [2.05, 4.69) is 25.8 Å². The lowest BCUT2D eigenvalue weighted by Crippen LogP contribution is -2.33. The molecule has 5 heteroatoms. The van der Waals surface area contributed by atoms with Gasteiger partial charge in [0, 0.05) is 17.6 Å². The van der Waals surface area contributed by atoms with Crippen molar-refractivity contribution < 1.29 is 4.79 Å². The van der Waals surface area contributed by atoms with Crippen molar-refractivity contribution in [1.29, 1.82) is 0 Å². The van der Waals surface area contributed by atoms with Crippen LogP contribution in [0.15, 0.2) is 38.6 Å². The van der Waals surface area contributed by atoms with Crippen molar-refractivity contribution >= 4 is 44.8 Å². The number of thioether (sulfide) groups is 1. The monoisotopic (exact) mass is 350 g/mol. The number of amidine groups is 1. The summed E-state index contributed by atoms with van der Waals surface area (Å²) in [5.41, 5.74) is 1.02. The van der Waals surface area contributed by atoms with Gasteiger partial charge in [-0.15, -0.1) is 0 Å². The number of benzene rings is 1. The Balaban J connectivity index is 1.76. The number of aliphatic imine (C=N–C) groups is 1. The molecule has 0 aliphatic carbocycles. The number of hydrogen-bond acceptors (Lipinski definition) is 3. The highest BCUT2D eigenvalue weighted by molar-refractivity contribution is 9.10. The van der Waals surface area contributed by atoms with E-state index in [0.717, 1.165) is 28.3 Å². The Labute approximate surface area is 131 Å². The molecule has 3 rings (SSSR count). The summed E-state index contributed by atoms with van der Waals surface area (Å²) in [7, 11) is 0. The molecule has 0 aromatic heterocycles. The maximum atomic E-state index is 12.0. The molecule has 3 nitrogen and oxygen atoms in total. The summed E-state index contributed by atoms with van der Waals surface area (Å²) < 4.78 is 1.01. The molecule has 0 atom stereocenters. The molecule has 0 bridgehead atoms. The van der Waals surface area contributed by atoms with Crippen LogP contribution in [0.3, 0.4) is 0 Å². The van der Waals surface area contributed by atoms with Crippen LogP contribution < -0.4 is 0 Å². The number of rotatable bonds is 1. The molecular formula is C15H15BrN2OS. The summed E-state index contributed by atoms with van der Waals surface area (Å²) >= 11 is 4.94. The molecule has 1 fully saturated rings. The van der Waals surface area contributed by atoms with E-state index in [-0.39, 0.29) is 5.91 Å². The number of piperidine rings is 1. The van der Waals surface area contributed by atoms with E-state index in [1.54, 1.807) is 0 Å². The Hall–Kier alpha value is -1.07. The van der Waals surface area contributed by atoms with Crippen molar-refractivity contribution in [3.05, 3.63) is 39.2 Å². The predicted octanol–water partition coefficient (Wildman–Crippen LogP) is 3.91. The number of halogens is 1. The first-order valence-corrected chi connectivity index (χ1v) is 8.36. The van der Waals surface area contributed by atoms with E-state index in [0.29, 0.717) is 4.91 Å². The van der Waals surface area contributed by atoms with E-state index in [9.17, 15) is 4.79 Å². The number of amides is 1. The second-order valence-corrected chi connectivity index (χ2v) is 6.84. The summed E-state index contributed by atoms with van der Waals surface area (Å²) in [6.07, 6.45) is 5.58. The average Bonchev–Trinajstić information content (AvgIpc) is 2.81. The third-order valence-electron chi connectivity index (χ3n) is 3.38. The van der Waals surface area contributed by atoms with Gasteiger partial charge in [-0.05, 0) is 54.8 Å². The number of nitrogens with zero attached hydrogens (tertiary/aromatic N) is 2. The van der Waals surface area contributed by atoms with Crippen molar-refractivity contribution in [3.8, 4) is 0 Å². The van der Waals surface area contributed by atoms with E-state index < -0.39 is 0 Å². The molecule has 2 aliphatic heterocycles. The van der Waals surface area contributed by atoms with Crippen LogP contribution in [0.25, 0.3) is 6.08 Å². The lowest BCUT2D eigenvalue weighted by atomic mass is 10.1. The van der Waals surface area contributed by atoms with Crippen LogP contribution in [0.4, 0.5) is 0 Å². The number of hydrogen-bond donors (Lipinski definition) is 0. The highest BCUT2D eigenvalue weighted by Gasteiger charge is 2.26. The summed E-state index contributed by atoms with van der Waals surface area (Å²) in [4.78, 5) is 19.1. The lowest BCUT2D eigenvalue weighted by molar-refractivity contribution is -0.113. The van der Waals surface area contributed by atoms with Crippen LogP contribution in [0, 0.1) is 0 Å². The van der Waals surface area contributed by atoms with Gasteiger partial charge in [-0.1, -0.05) is 28.1 Å². The molecule has 2 heterocycles. The van der Waals surface area contributed by atoms with Gasteiger partial charge in [0.05, 0.1) is 4.91 Å². The van der Waals surface area contributed by atoms with Gasteiger partial charge in [0.2, 0.25) is 0 Å². The van der Waals surface area contributed by atoms with Crippen molar-refractivity contribution in [2.45, 2.75) is 19.3 Å². The fourth-order valence-corrected chi connectivity index (χ4v) is 3.75. The van der Waals surface area contributed by atoms with Gasteiger partial charge in [0.15, 0.2) is 5.17 Å². The van der Waals surface area contributed by atoms with Gasteiger partial charge in [-0.3, -0.25) is 4.79 Å². The first-order chi connectivity index (χ1) is 9.72. The zero-order chi connectivity index (χ0) is 13.9. The molecule has 0 N–H and O–H groups in total. The molecule has 0 unspecified atom stereocenters. The summed E-state index contributed by atoms with van der Waals surface area (Å²) in [6, 6.07) is 7.93. The summed E-state index contributed by atoms with van der Waals surface area (Å²) in [5.74, 6) is -0.115. The van der Waals surface area contributed by atoms with Gasteiger partial charge in [-0.25, -0.2) is 0 Å². The van der Waals surface area contributed by atoms with Crippen LogP contribution in [0.1, 0.15) is 24.8 Å². The molecule has 1 amide bonds. The van der Waals surface area contributed by atoms with Gasteiger partial charge in [0.1, 0.15) is 0 Å². The summed E-state index contributed by atoms with van der Waals surface area (Å²) in [5, 5.41) is 0.871.